The highest BCUT2D eigenvalue weighted by Crippen LogP contribution is 2.42. The van der Waals surface area contributed by atoms with Crippen molar-refractivity contribution in [2.75, 3.05) is 14.1 Å². The molecule has 5 rings (SSSR count). The maximum atomic E-state index is 13.5. The van der Waals surface area contributed by atoms with Gasteiger partial charge in [-0.2, -0.15) is 0 Å². The quantitative estimate of drug-likeness (QED) is 0.424. The molecule has 36 heavy (non-hydrogen) atoms. The second kappa shape index (κ2) is 9.69. The number of aromatic nitrogens is 2. The van der Waals surface area contributed by atoms with Crippen LogP contribution in [-0.4, -0.2) is 56.5 Å². The van der Waals surface area contributed by atoms with Crippen LogP contribution < -0.4 is 16.2 Å². The predicted octanol–water partition coefficient (Wildman–Crippen LogP) is 0.114. The molecule has 3 heterocycles. The highest BCUT2D eigenvalue weighted by Gasteiger charge is 2.46. The van der Waals surface area contributed by atoms with E-state index in [1.807, 2.05) is 0 Å². The number of rotatable bonds is 5. The van der Waals surface area contributed by atoms with Crippen LogP contribution in [0.3, 0.4) is 0 Å². The normalized spacial score (nSPS) is 20.3. The van der Waals surface area contributed by atoms with E-state index in [0.717, 1.165) is 11.0 Å². The SMILES string of the molecule is CN(C)C(=O)C(=O)NC12CCC(CC1)Cn1c2nc(C(=O)NCc2ccc(F)cc2CO)c(O)c1=O. The molecule has 11 nitrogen and oxygen atoms in total. The molecule has 2 aliphatic heterocycles. The van der Waals surface area contributed by atoms with E-state index in [2.05, 4.69) is 15.6 Å². The van der Waals surface area contributed by atoms with Crippen LogP contribution in [0.2, 0.25) is 0 Å². The summed E-state index contributed by atoms with van der Waals surface area (Å²) in [5, 5.41) is 25.3. The Kier molecular flexibility index (Phi) is 6.81. The first-order valence-electron chi connectivity index (χ1n) is 11.6. The molecule has 1 saturated carbocycles. The second-order valence-electron chi connectivity index (χ2n) is 9.48. The number of halogens is 1. The molecule has 0 spiro atoms. The Labute approximate surface area is 205 Å². The third kappa shape index (κ3) is 4.55. The first kappa shape index (κ1) is 25.3. The summed E-state index contributed by atoms with van der Waals surface area (Å²) in [6.07, 6.45) is 2.15. The smallest absolute Gasteiger partial charge is 0.311 e. The average Bonchev–Trinajstić information content (AvgIpc) is 3.10. The Balaban J connectivity index is 1.70. The zero-order valence-electron chi connectivity index (χ0n) is 20.0. The Morgan fingerprint density at radius 3 is 2.56 bits per heavy atom. The number of aliphatic hydroxyl groups excluding tert-OH is 1. The molecule has 0 unspecified atom stereocenters. The van der Waals surface area contributed by atoms with Gasteiger partial charge in [-0.05, 0) is 54.9 Å². The van der Waals surface area contributed by atoms with E-state index in [1.165, 1.54) is 30.8 Å². The predicted molar refractivity (Wildman–Crippen MR) is 124 cm³/mol. The van der Waals surface area contributed by atoms with Gasteiger partial charge in [-0.3, -0.25) is 23.7 Å². The molecule has 1 fully saturated rings. The van der Waals surface area contributed by atoms with E-state index in [0.29, 0.717) is 31.2 Å². The number of carbonyl (C=O) groups excluding carboxylic acids is 3. The minimum absolute atomic E-state index is 0.115. The van der Waals surface area contributed by atoms with E-state index >= 15 is 0 Å². The monoisotopic (exact) mass is 501 g/mol. The van der Waals surface area contributed by atoms with Crippen LogP contribution in [-0.2, 0) is 34.8 Å². The van der Waals surface area contributed by atoms with Crippen molar-refractivity contribution in [2.45, 2.75) is 50.9 Å². The van der Waals surface area contributed by atoms with Crippen LogP contribution >= 0.6 is 0 Å². The van der Waals surface area contributed by atoms with Crippen molar-refractivity contribution in [1.82, 2.24) is 25.1 Å². The van der Waals surface area contributed by atoms with Crippen LogP contribution in [0.5, 0.6) is 5.75 Å². The first-order chi connectivity index (χ1) is 17.1. The number of nitrogens with one attached hydrogen (secondary N) is 2. The lowest BCUT2D eigenvalue weighted by atomic mass is 9.77. The first-order valence-corrected chi connectivity index (χ1v) is 11.6. The highest BCUT2D eigenvalue weighted by molar-refractivity contribution is 6.35. The fourth-order valence-electron chi connectivity index (χ4n) is 4.90. The lowest BCUT2D eigenvalue weighted by molar-refractivity contribution is -0.145. The summed E-state index contributed by atoms with van der Waals surface area (Å²) in [5.74, 6) is -3.60. The lowest BCUT2D eigenvalue weighted by Gasteiger charge is -2.37. The molecule has 2 aromatic rings. The van der Waals surface area contributed by atoms with Gasteiger partial charge in [0.1, 0.15) is 11.6 Å². The molecule has 0 atom stereocenters. The molecule has 0 radical (unpaired) electrons. The number of aromatic hydroxyl groups is 1. The fourth-order valence-corrected chi connectivity index (χ4v) is 4.90. The summed E-state index contributed by atoms with van der Waals surface area (Å²) >= 11 is 0. The van der Waals surface area contributed by atoms with Crippen LogP contribution in [0.1, 0.15) is 53.1 Å². The molecular formula is C24H28FN5O6. The molecule has 12 heteroatoms. The van der Waals surface area contributed by atoms with E-state index in [-0.39, 0.29) is 30.4 Å². The van der Waals surface area contributed by atoms with Crippen molar-refractivity contribution in [2.24, 2.45) is 5.92 Å². The summed E-state index contributed by atoms with van der Waals surface area (Å²) in [7, 11) is 2.90. The number of aliphatic hydroxyl groups is 1. The van der Waals surface area contributed by atoms with Gasteiger partial charge in [0.15, 0.2) is 5.69 Å². The van der Waals surface area contributed by atoms with Crippen molar-refractivity contribution in [3.05, 3.63) is 57.0 Å². The third-order valence-electron chi connectivity index (χ3n) is 6.92. The number of likely N-dealkylation sites (N-methyl/N-ethyl adjacent to an activating group) is 1. The Bertz CT molecular complexity index is 1280. The molecule has 1 aromatic heterocycles. The van der Waals surface area contributed by atoms with Gasteiger partial charge in [0.25, 0.3) is 11.5 Å². The zero-order chi connectivity index (χ0) is 26.2. The number of nitrogens with zero attached hydrogens (tertiary/aromatic N) is 3. The van der Waals surface area contributed by atoms with Crippen LogP contribution in [0, 0.1) is 11.7 Å². The Hall–Kier alpha value is -3.80. The number of hydrogen-bond acceptors (Lipinski definition) is 7. The van der Waals surface area contributed by atoms with E-state index < -0.39 is 52.7 Å². The summed E-state index contributed by atoms with van der Waals surface area (Å²) < 4.78 is 14.7. The zero-order valence-corrected chi connectivity index (χ0v) is 20.0. The van der Waals surface area contributed by atoms with Crippen molar-refractivity contribution in [3.63, 3.8) is 0 Å². The standard InChI is InChI=1S/C24H28FN5O6/c1-29(2)22(36)20(34)28-24-7-5-13(6-8-24)11-30-21(35)18(32)17(27-23(24)30)19(33)26-10-14-3-4-16(25)9-15(14)12-31/h3-4,9,13,31-32H,5-8,10-12H2,1-2H3,(H,26,33)(H,28,34). The molecule has 4 N–H and O–H groups in total. The number of amides is 3. The maximum absolute atomic E-state index is 13.5. The highest BCUT2D eigenvalue weighted by atomic mass is 19.1. The molecule has 192 valence electrons. The molecule has 0 saturated heterocycles. The third-order valence-corrected chi connectivity index (χ3v) is 6.92. The molecular weight excluding hydrogens is 473 g/mol. The second-order valence-corrected chi connectivity index (χ2v) is 9.48. The van der Waals surface area contributed by atoms with Gasteiger partial charge in [0, 0.05) is 27.2 Å². The van der Waals surface area contributed by atoms with Crippen molar-refractivity contribution in [1.29, 1.82) is 0 Å². The van der Waals surface area contributed by atoms with Gasteiger partial charge < -0.3 is 25.7 Å². The van der Waals surface area contributed by atoms with Gasteiger partial charge in [0.05, 0.1) is 12.1 Å². The summed E-state index contributed by atoms with van der Waals surface area (Å²) in [4.78, 5) is 56.5. The minimum atomic E-state index is -1.15. The molecule has 2 bridgehead atoms. The lowest BCUT2D eigenvalue weighted by Crippen LogP contribution is -2.53. The van der Waals surface area contributed by atoms with Crippen LogP contribution in [0.25, 0.3) is 0 Å². The number of fused-ring (bicyclic) bond motifs is 2. The molecule has 1 aromatic carbocycles. The average molecular weight is 502 g/mol. The topological polar surface area (TPSA) is 154 Å². The summed E-state index contributed by atoms with van der Waals surface area (Å²) in [6, 6.07) is 3.73. The Morgan fingerprint density at radius 1 is 1.22 bits per heavy atom. The number of hydrogen-bond donors (Lipinski definition) is 4. The molecule has 3 amide bonds. The van der Waals surface area contributed by atoms with Gasteiger partial charge in [-0.25, -0.2) is 9.37 Å². The van der Waals surface area contributed by atoms with Crippen LogP contribution in [0.15, 0.2) is 23.0 Å². The van der Waals surface area contributed by atoms with Crippen molar-refractivity contribution in [3.8, 4) is 5.75 Å². The Morgan fingerprint density at radius 2 is 1.92 bits per heavy atom. The fraction of sp³-hybridized carbons (Fsp3) is 0.458. The van der Waals surface area contributed by atoms with Gasteiger partial charge in [-0.15, -0.1) is 0 Å². The minimum Gasteiger partial charge on any atom is -0.501 e. The maximum Gasteiger partial charge on any atom is 0.311 e. The number of benzene rings is 1. The summed E-state index contributed by atoms with van der Waals surface area (Å²) in [6.45, 7) is -0.289. The van der Waals surface area contributed by atoms with Gasteiger partial charge in [0.2, 0.25) is 5.75 Å². The largest absolute Gasteiger partial charge is 0.501 e. The molecule has 3 aliphatic rings. The summed E-state index contributed by atoms with van der Waals surface area (Å²) in [5.41, 5.74) is -1.76. The number of carbonyl (C=O) groups is 3. The van der Waals surface area contributed by atoms with Crippen LogP contribution in [0.4, 0.5) is 4.39 Å². The van der Waals surface area contributed by atoms with E-state index in [1.54, 1.807) is 0 Å². The van der Waals surface area contributed by atoms with Gasteiger partial charge in [-0.1, -0.05) is 6.07 Å². The molecule has 1 aliphatic carbocycles. The van der Waals surface area contributed by atoms with Crippen molar-refractivity contribution < 1.29 is 29.0 Å². The van der Waals surface area contributed by atoms with E-state index in [9.17, 15) is 33.8 Å². The van der Waals surface area contributed by atoms with Crippen molar-refractivity contribution >= 4 is 17.7 Å². The van der Waals surface area contributed by atoms with Gasteiger partial charge >= 0.3 is 11.8 Å². The van der Waals surface area contributed by atoms with E-state index in [4.69, 9.17) is 0 Å².